The number of hydrogen-bond donors (Lipinski definition) is 1. The minimum atomic E-state index is -0.0935. The number of nitrogens with zero attached hydrogens (tertiary/aromatic N) is 1. The zero-order valence-corrected chi connectivity index (χ0v) is 11.4. The first-order chi connectivity index (χ1) is 8.11. The number of amides is 1. The molecule has 94 valence electrons. The van der Waals surface area contributed by atoms with Gasteiger partial charge in [0.15, 0.2) is 0 Å². The third kappa shape index (κ3) is 2.81. The Hall–Kier alpha value is -0.580. The molecule has 1 saturated heterocycles. The molecule has 2 heterocycles. The number of thiophene rings is 1. The SMILES string of the molecule is CC(C(=O)N1CCC(CN)C1)c1ccc(Cl)s1. The minimum Gasteiger partial charge on any atom is -0.342 e. The highest BCUT2D eigenvalue weighted by Crippen LogP contribution is 2.30. The van der Waals surface area contributed by atoms with E-state index in [2.05, 4.69) is 0 Å². The fourth-order valence-corrected chi connectivity index (χ4v) is 3.29. The topological polar surface area (TPSA) is 46.3 Å². The van der Waals surface area contributed by atoms with Gasteiger partial charge in [0.2, 0.25) is 5.91 Å². The largest absolute Gasteiger partial charge is 0.342 e. The maximum Gasteiger partial charge on any atom is 0.230 e. The fraction of sp³-hybridized carbons (Fsp3) is 0.583. The lowest BCUT2D eigenvalue weighted by molar-refractivity contribution is -0.131. The molecule has 0 saturated carbocycles. The summed E-state index contributed by atoms with van der Waals surface area (Å²) in [6, 6.07) is 3.78. The van der Waals surface area contributed by atoms with Gasteiger partial charge in [0, 0.05) is 18.0 Å². The summed E-state index contributed by atoms with van der Waals surface area (Å²) in [7, 11) is 0. The van der Waals surface area contributed by atoms with E-state index in [0.29, 0.717) is 12.5 Å². The third-order valence-corrected chi connectivity index (χ3v) is 4.74. The van der Waals surface area contributed by atoms with Crippen molar-refractivity contribution in [2.45, 2.75) is 19.3 Å². The summed E-state index contributed by atoms with van der Waals surface area (Å²) in [6.45, 7) is 4.26. The molecule has 2 atom stereocenters. The number of carbonyl (C=O) groups excluding carboxylic acids is 1. The van der Waals surface area contributed by atoms with E-state index in [1.54, 1.807) is 0 Å². The van der Waals surface area contributed by atoms with E-state index in [0.717, 1.165) is 28.7 Å². The molecule has 2 N–H and O–H groups in total. The quantitative estimate of drug-likeness (QED) is 0.918. The summed E-state index contributed by atoms with van der Waals surface area (Å²) in [4.78, 5) is 15.2. The summed E-state index contributed by atoms with van der Waals surface area (Å²) < 4.78 is 0.737. The van der Waals surface area contributed by atoms with E-state index in [1.807, 2.05) is 24.0 Å². The van der Waals surface area contributed by atoms with Crippen LogP contribution in [0.25, 0.3) is 0 Å². The number of likely N-dealkylation sites (tertiary alicyclic amines) is 1. The molecule has 0 bridgehead atoms. The summed E-state index contributed by atoms with van der Waals surface area (Å²) in [6.07, 6.45) is 1.03. The van der Waals surface area contributed by atoms with Crippen LogP contribution in [0.3, 0.4) is 0 Å². The first-order valence-electron chi connectivity index (χ1n) is 5.86. The lowest BCUT2D eigenvalue weighted by Gasteiger charge is -2.20. The molecule has 1 aliphatic rings. The number of hydrogen-bond acceptors (Lipinski definition) is 3. The van der Waals surface area contributed by atoms with E-state index in [4.69, 9.17) is 17.3 Å². The standard InChI is InChI=1S/C12H17ClN2OS/c1-8(10-2-3-11(13)17-10)12(16)15-5-4-9(6-14)7-15/h2-3,8-9H,4-7,14H2,1H3. The van der Waals surface area contributed by atoms with Gasteiger partial charge in [0.1, 0.15) is 0 Å². The van der Waals surface area contributed by atoms with Crippen molar-refractivity contribution in [3.05, 3.63) is 21.3 Å². The Kier molecular flexibility index (Phi) is 4.07. The molecular formula is C12H17ClN2OS. The summed E-state index contributed by atoms with van der Waals surface area (Å²) in [5.74, 6) is 0.571. The molecule has 2 rings (SSSR count). The average Bonchev–Trinajstić information content (AvgIpc) is 2.95. The van der Waals surface area contributed by atoms with Crippen molar-refractivity contribution in [2.75, 3.05) is 19.6 Å². The van der Waals surface area contributed by atoms with Crippen LogP contribution < -0.4 is 5.73 Å². The molecule has 17 heavy (non-hydrogen) atoms. The van der Waals surface area contributed by atoms with Crippen molar-refractivity contribution in [1.82, 2.24) is 4.90 Å². The Morgan fingerprint density at radius 3 is 3.00 bits per heavy atom. The molecule has 1 aromatic heterocycles. The van der Waals surface area contributed by atoms with E-state index < -0.39 is 0 Å². The molecule has 0 spiro atoms. The molecule has 0 radical (unpaired) electrons. The van der Waals surface area contributed by atoms with Crippen LogP contribution in [0.1, 0.15) is 24.1 Å². The summed E-state index contributed by atoms with van der Waals surface area (Å²) >= 11 is 7.37. The highest BCUT2D eigenvalue weighted by Gasteiger charge is 2.29. The maximum absolute atomic E-state index is 12.3. The van der Waals surface area contributed by atoms with Crippen molar-refractivity contribution in [3.63, 3.8) is 0 Å². The van der Waals surface area contributed by atoms with E-state index >= 15 is 0 Å². The van der Waals surface area contributed by atoms with Crippen molar-refractivity contribution in [1.29, 1.82) is 0 Å². The highest BCUT2D eigenvalue weighted by molar-refractivity contribution is 7.16. The van der Waals surface area contributed by atoms with Crippen LogP contribution in [-0.4, -0.2) is 30.4 Å². The van der Waals surface area contributed by atoms with Gasteiger partial charge in [-0.15, -0.1) is 11.3 Å². The van der Waals surface area contributed by atoms with E-state index in [-0.39, 0.29) is 11.8 Å². The molecule has 5 heteroatoms. The monoisotopic (exact) mass is 272 g/mol. The smallest absolute Gasteiger partial charge is 0.230 e. The maximum atomic E-state index is 12.3. The molecule has 1 aliphatic heterocycles. The van der Waals surface area contributed by atoms with E-state index in [9.17, 15) is 4.79 Å². The van der Waals surface area contributed by atoms with Crippen molar-refractivity contribution in [3.8, 4) is 0 Å². The second-order valence-electron chi connectivity index (χ2n) is 4.54. The Balaban J connectivity index is 2.00. The third-order valence-electron chi connectivity index (χ3n) is 3.32. The van der Waals surface area contributed by atoms with Crippen molar-refractivity contribution >= 4 is 28.8 Å². The second kappa shape index (κ2) is 5.38. The predicted octanol–water partition coefficient (Wildman–Crippen LogP) is 2.31. The van der Waals surface area contributed by atoms with Crippen LogP contribution in [0, 0.1) is 5.92 Å². The average molecular weight is 273 g/mol. The first kappa shape index (κ1) is 12.9. The normalized spacial score (nSPS) is 21.8. The van der Waals surface area contributed by atoms with Gasteiger partial charge in [-0.3, -0.25) is 4.79 Å². The lowest BCUT2D eigenvalue weighted by atomic mass is 10.1. The summed E-state index contributed by atoms with van der Waals surface area (Å²) in [5, 5.41) is 0. The van der Waals surface area contributed by atoms with Crippen LogP contribution >= 0.6 is 22.9 Å². The minimum absolute atomic E-state index is 0.0935. The van der Waals surface area contributed by atoms with Crippen molar-refractivity contribution < 1.29 is 4.79 Å². The molecule has 0 aromatic carbocycles. The van der Waals surface area contributed by atoms with E-state index in [1.165, 1.54) is 11.3 Å². The van der Waals surface area contributed by atoms with Gasteiger partial charge in [-0.05, 0) is 37.9 Å². The van der Waals surface area contributed by atoms with Gasteiger partial charge in [-0.1, -0.05) is 11.6 Å². The zero-order chi connectivity index (χ0) is 12.4. The molecular weight excluding hydrogens is 256 g/mol. The Bertz CT molecular complexity index is 407. The summed E-state index contributed by atoms with van der Waals surface area (Å²) in [5.41, 5.74) is 5.63. The molecule has 1 fully saturated rings. The van der Waals surface area contributed by atoms with Crippen LogP contribution in [-0.2, 0) is 4.79 Å². The Morgan fingerprint density at radius 2 is 2.47 bits per heavy atom. The fourth-order valence-electron chi connectivity index (χ4n) is 2.18. The second-order valence-corrected chi connectivity index (χ2v) is 6.28. The van der Waals surface area contributed by atoms with Crippen LogP contribution in [0.5, 0.6) is 0 Å². The zero-order valence-electron chi connectivity index (χ0n) is 9.86. The van der Waals surface area contributed by atoms with Crippen molar-refractivity contribution in [2.24, 2.45) is 11.7 Å². The molecule has 1 aromatic rings. The van der Waals surface area contributed by atoms with Crippen LogP contribution in [0.4, 0.5) is 0 Å². The van der Waals surface area contributed by atoms with Crippen LogP contribution in [0.15, 0.2) is 12.1 Å². The molecule has 2 unspecified atom stereocenters. The first-order valence-corrected chi connectivity index (χ1v) is 7.05. The number of halogens is 1. The number of nitrogens with two attached hydrogens (primary N) is 1. The van der Waals surface area contributed by atoms with Gasteiger partial charge < -0.3 is 10.6 Å². The van der Waals surface area contributed by atoms with Gasteiger partial charge in [0.05, 0.1) is 10.3 Å². The highest BCUT2D eigenvalue weighted by atomic mass is 35.5. The molecule has 0 aliphatic carbocycles. The Morgan fingerprint density at radius 1 is 1.71 bits per heavy atom. The predicted molar refractivity (Wildman–Crippen MR) is 71.5 cm³/mol. The van der Waals surface area contributed by atoms with Gasteiger partial charge >= 0.3 is 0 Å². The Labute approximate surface area is 111 Å². The van der Waals surface area contributed by atoms with Gasteiger partial charge in [0.25, 0.3) is 0 Å². The van der Waals surface area contributed by atoms with Gasteiger partial charge in [-0.2, -0.15) is 0 Å². The molecule has 1 amide bonds. The lowest BCUT2D eigenvalue weighted by Crippen LogP contribution is -2.32. The van der Waals surface area contributed by atoms with Crippen LogP contribution in [0.2, 0.25) is 4.34 Å². The number of rotatable bonds is 3. The number of carbonyl (C=O) groups is 1. The van der Waals surface area contributed by atoms with Gasteiger partial charge in [-0.25, -0.2) is 0 Å². The molecule has 3 nitrogen and oxygen atoms in total.